The fourth-order valence-electron chi connectivity index (χ4n) is 3.72. The Morgan fingerprint density at radius 1 is 0.786 bits per heavy atom. The van der Waals surface area contributed by atoms with Crippen molar-refractivity contribution in [1.82, 2.24) is 9.97 Å². The minimum absolute atomic E-state index is 1.01. The molecule has 4 aromatic rings. The van der Waals surface area contributed by atoms with Crippen molar-refractivity contribution in [3.05, 3.63) is 78.1 Å². The molecule has 3 heteroatoms. The first kappa shape index (κ1) is 18.6. The van der Waals surface area contributed by atoms with Crippen molar-refractivity contribution in [2.45, 2.75) is 33.5 Å². The van der Waals surface area contributed by atoms with E-state index in [1.807, 2.05) is 18.5 Å². The van der Waals surface area contributed by atoms with Crippen LogP contribution >= 0.6 is 0 Å². The van der Waals surface area contributed by atoms with Crippen molar-refractivity contribution in [2.75, 3.05) is 0 Å². The highest BCUT2D eigenvalue weighted by molar-refractivity contribution is 6.88. The van der Waals surface area contributed by atoms with E-state index >= 15 is 0 Å². The molecule has 0 atom stereocenters. The Labute approximate surface area is 168 Å². The Morgan fingerprint density at radius 3 is 2.18 bits per heavy atom. The van der Waals surface area contributed by atoms with Crippen molar-refractivity contribution in [3.63, 3.8) is 0 Å². The van der Waals surface area contributed by atoms with Gasteiger partial charge in [-0.05, 0) is 49.7 Å². The zero-order valence-corrected chi connectivity index (χ0v) is 18.2. The fourth-order valence-corrected chi connectivity index (χ4v) is 4.88. The van der Waals surface area contributed by atoms with Gasteiger partial charge in [-0.15, -0.1) is 0 Å². The van der Waals surface area contributed by atoms with E-state index in [2.05, 4.69) is 87.0 Å². The standard InChI is InChI=1S/C25H26N2Si/c1-17-11-18(2)13-20(12-17)25-15-22(19-7-6-10-26-16-19)23-14-21(28(3,4)5)8-9-24(23)27-25/h6-16H,1-5H3. The Hall–Kier alpha value is -2.78. The zero-order valence-electron chi connectivity index (χ0n) is 17.2. The third-order valence-electron chi connectivity index (χ3n) is 5.16. The molecule has 2 aromatic carbocycles. The van der Waals surface area contributed by atoms with Crippen LogP contribution < -0.4 is 5.19 Å². The summed E-state index contributed by atoms with van der Waals surface area (Å²) in [6, 6.07) is 19.8. The molecule has 140 valence electrons. The summed E-state index contributed by atoms with van der Waals surface area (Å²) in [5.41, 5.74) is 8.07. The second-order valence-electron chi connectivity index (χ2n) is 8.66. The first-order chi connectivity index (χ1) is 13.3. The molecule has 0 amide bonds. The Kier molecular flexibility index (Phi) is 4.64. The number of benzene rings is 2. The van der Waals surface area contributed by atoms with E-state index in [1.54, 1.807) is 0 Å². The maximum Gasteiger partial charge on any atom is 0.0776 e. The number of nitrogens with zero attached hydrogens (tertiary/aromatic N) is 2. The van der Waals surface area contributed by atoms with Crippen LogP contribution in [0.1, 0.15) is 11.1 Å². The quantitative estimate of drug-likeness (QED) is 0.399. The molecule has 0 aliphatic rings. The number of aromatic nitrogens is 2. The molecule has 0 fully saturated rings. The highest BCUT2D eigenvalue weighted by atomic mass is 28.3. The SMILES string of the molecule is Cc1cc(C)cc(-c2cc(-c3cccnc3)c3cc([Si](C)(C)C)ccc3n2)c1. The number of fused-ring (bicyclic) bond motifs is 1. The van der Waals surface area contributed by atoms with E-state index in [0.29, 0.717) is 0 Å². The van der Waals surface area contributed by atoms with Crippen LogP contribution in [0.15, 0.2) is 67.0 Å². The molecule has 0 radical (unpaired) electrons. The summed E-state index contributed by atoms with van der Waals surface area (Å²) in [7, 11) is -1.41. The van der Waals surface area contributed by atoms with Gasteiger partial charge in [-0.25, -0.2) is 4.98 Å². The molecule has 0 N–H and O–H groups in total. The number of hydrogen-bond donors (Lipinski definition) is 0. The number of pyridine rings is 2. The minimum atomic E-state index is -1.41. The van der Waals surface area contributed by atoms with E-state index in [-0.39, 0.29) is 0 Å². The molecule has 0 aliphatic carbocycles. The third-order valence-corrected chi connectivity index (χ3v) is 7.21. The van der Waals surface area contributed by atoms with Crippen molar-refractivity contribution in [1.29, 1.82) is 0 Å². The van der Waals surface area contributed by atoms with Gasteiger partial charge in [0.1, 0.15) is 0 Å². The molecule has 0 bridgehead atoms. The van der Waals surface area contributed by atoms with Gasteiger partial charge in [0, 0.05) is 28.9 Å². The van der Waals surface area contributed by atoms with E-state index in [4.69, 9.17) is 4.98 Å². The highest BCUT2D eigenvalue weighted by Crippen LogP contribution is 2.32. The molecule has 0 unspecified atom stereocenters. The summed E-state index contributed by atoms with van der Waals surface area (Å²) in [5.74, 6) is 0. The minimum Gasteiger partial charge on any atom is -0.264 e. The van der Waals surface area contributed by atoms with E-state index in [1.165, 1.54) is 32.8 Å². The van der Waals surface area contributed by atoms with Gasteiger partial charge in [-0.1, -0.05) is 60.2 Å². The van der Waals surface area contributed by atoms with Gasteiger partial charge in [0.25, 0.3) is 0 Å². The highest BCUT2D eigenvalue weighted by Gasteiger charge is 2.18. The topological polar surface area (TPSA) is 25.8 Å². The van der Waals surface area contributed by atoms with Crippen molar-refractivity contribution in [2.24, 2.45) is 0 Å². The van der Waals surface area contributed by atoms with Crippen LogP contribution in [0.4, 0.5) is 0 Å². The van der Waals surface area contributed by atoms with Crippen LogP contribution in [-0.2, 0) is 0 Å². The average Bonchev–Trinajstić information content (AvgIpc) is 2.66. The smallest absolute Gasteiger partial charge is 0.0776 e. The van der Waals surface area contributed by atoms with Crippen LogP contribution in [0.2, 0.25) is 19.6 Å². The summed E-state index contributed by atoms with van der Waals surface area (Å²) in [4.78, 5) is 9.39. The monoisotopic (exact) mass is 382 g/mol. The van der Waals surface area contributed by atoms with Gasteiger partial charge in [0.15, 0.2) is 0 Å². The van der Waals surface area contributed by atoms with Gasteiger partial charge >= 0.3 is 0 Å². The molecule has 2 aromatic heterocycles. The van der Waals surface area contributed by atoms with Gasteiger partial charge in [0.2, 0.25) is 0 Å². The second kappa shape index (κ2) is 6.99. The maximum absolute atomic E-state index is 5.03. The lowest BCUT2D eigenvalue weighted by Gasteiger charge is -2.18. The number of hydrogen-bond acceptors (Lipinski definition) is 2. The maximum atomic E-state index is 5.03. The molecule has 2 heterocycles. The van der Waals surface area contributed by atoms with E-state index < -0.39 is 8.07 Å². The largest absolute Gasteiger partial charge is 0.264 e. The molecule has 0 spiro atoms. The molecule has 28 heavy (non-hydrogen) atoms. The van der Waals surface area contributed by atoms with E-state index in [9.17, 15) is 0 Å². The van der Waals surface area contributed by atoms with Gasteiger partial charge in [-0.2, -0.15) is 0 Å². The Morgan fingerprint density at radius 2 is 1.54 bits per heavy atom. The number of rotatable bonds is 3. The second-order valence-corrected chi connectivity index (χ2v) is 13.7. The normalized spacial score (nSPS) is 11.8. The Balaban J connectivity index is 2.02. The lowest BCUT2D eigenvalue weighted by molar-refractivity contribution is 1.32. The summed E-state index contributed by atoms with van der Waals surface area (Å²) < 4.78 is 0. The van der Waals surface area contributed by atoms with Gasteiger partial charge in [-0.3, -0.25) is 4.98 Å². The predicted molar refractivity (Wildman–Crippen MR) is 123 cm³/mol. The van der Waals surface area contributed by atoms with Crippen LogP contribution in [0.5, 0.6) is 0 Å². The molecule has 0 saturated heterocycles. The van der Waals surface area contributed by atoms with Crippen LogP contribution in [0.3, 0.4) is 0 Å². The van der Waals surface area contributed by atoms with Gasteiger partial charge in [0.05, 0.1) is 19.3 Å². The summed E-state index contributed by atoms with van der Waals surface area (Å²) in [6.07, 6.45) is 3.77. The molecule has 4 rings (SSSR count). The van der Waals surface area contributed by atoms with Crippen LogP contribution in [0.25, 0.3) is 33.3 Å². The average molecular weight is 383 g/mol. The number of aryl methyl sites for hydroxylation is 2. The Bertz CT molecular complexity index is 1140. The summed E-state index contributed by atoms with van der Waals surface area (Å²) in [5, 5.41) is 2.66. The third kappa shape index (κ3) is 3.63. The molecule has 0 saturated carbocycles. The molecule has 2 nitrogen and oxygen atoms in total. The lowest BCUT2D eigenvalue weighted by Crippen LogP contribution is -2.37. The zero-order chi connectivity index (χ0) is 19.9. The van der Waals surface area contributed by atoms with Crippen LogP contribution in [-0.4, -0.2) is 18.0 Å². The lowest BCUT2D eigenvalue weighted by atomic mass is 9.98. The van der Waals surface area contributed by atoms with Gasteiger partial charge < -0.3 is 0 Å². The fraction of sp³-hybridized carbons (Fsp3) is 0.200. The summed E-state index contributed by atoms with van der Waals surface area (Å²) >= 11 is 0. The molecule has 0 aliphatic heterocycles. The van der Waals surface area contributed by atoms with Crippen molar-refractivity contribution < 1.29 is 0 Å². The van der Waals surface area contributed by atoms with Crippen LogP contribution in [0, 0.1) is 13.8 Å². The first-order valence-electron chi connectivity index (χ1n) is 9.76. The van der Waals surface area contributed by atoms with Crippen molar-refractivity contribution >= 4 is 24.2 Å². The first-order valence-corrected chi connectivity index (χ1v) is 13.3. The summed E-state index contributed by atoms with van der Waals surface area (Å²) in [6.45, 7) is 11.4. The van der Waals surface area contributed by atoms with Crippen molar-refractivity contribution in [3.8, 4) is 22.4 Å². The molecular weight excluding hydrogens is 356 g/mol. The predicted octanol–water partition coefficient (Wildman–Crippen LogP) is 6.13. The van der Waals surface area contributed by atoms with E-state index in [0.717, 1.165) is 16.8 Å². The molecular formula is C25H26N2Si.